The van der Waals surface area contributed by atoms with E-state index in [0.29, 0.717) is 6.61 Å². The van der Waals surface area contributed by atoms with Gasteiger partial charge >= 0.3 is 5.69 Å². The SMILES string of the molecule is CCCOc1c([N+](=O)[O-])cnn1C(C)C. The molecule has 0 atom stereocenters. The van der Waals surface area contributed by atoms with Crippen LogP contribution in [0.4, 0.5) is 5.69 Å². The van der Waals surface area contributed by atoms with E-state index in [1.165, 1.54) is 10.9 Å². The summed E-state index contributed by atoms with van der Waals surface area (Å²) < 4.78 is 6.86. The number of nitro groups is 1. The Hall–Kier alpha value is -1.59. The molecule has 0 aliphatic heterocycles. The van der Waals surface area contributed by atoms with Crippen molar-refractivity contribution in [2.24, 2.45) is 0 Å². The van der Waals surface area contributed by atoms with Gasteiger partial charge in [0.1, 0.15) is 6.20 Å². The number of rotatable bonds is 5. The molecule has 0 bridgehead atoms. The Morgan fingerprint density at radius 3 is 2.80 bits per heavy atom. The van der Waals surface area contributed by atoms with Gasteiger partial charge in [0.05, 0.1) is 17.6 Å². The summed E-state index contributed by atoms with van der Waals surface area (Å²) in [5.41, 5.74) is -0.0721. The normalized spacial score (nSPS) is 10.7. The zero-order chi connectivity index (χ0) is 11.4. The molecule has 0 spiro atoms. The van der Waals surface area contributed by atoms with E-state index in [9.17, 15) is 10.1 Å². The minimum atomic E-state index is -0.475. The predicted molar refractivity (Wildman–Crippen MR) is 55.1 cm³/mol. The zero-order valence-corrected chi connectivity index (χ0v) is 9.14. The van der Waals surface area contributed by atoms with Crippen LogP contribution in [-0.2, 0) is 0 Å². The zero-order valence-electron chi connectivity index (χ0n) is 9.14. The van der Waals surface area contributed by atoms with Crippen molar-refractivity contribution in [3.05, 3.63) is 16.3 Å². The standard InChI is InChI=1S/C9H15N3O3/c1-4-5-15-9-8(12(13)14)6-10-11(9)7(2)3/h6-7H,4-5H2,1-3H3. The fourth-order valence-electron chi connectivity index (χ4n) is 1.17. The molecular weight excluding hydrogens is 198 g/mol. The monoisotopic (exact) mass is 213 g/mol. The molecule has 1 heterocycles. The van der Waals surface area contributed by atoms with E-state index in [2.05, 4.69) is 5.10 Å². The Bertz CT molecular complexity index is 346. The largest absolute Gasteiger partial charge is 0.473 e. The molecule has 0 fully saturated rings. The Labute approximate surface area is 88.0 Å². The number of aromatic nitrogens is 2. The molecule has 15 heavy (non-hydrogen) atoms. The fraction of sp³-hybridized carbons (Fsp3) is 0.667. The first-order valence-electron chi connectivity index (χ1n) is 4.92. The summed E-state index contributed by atoms with van der Waals surface area (Å²) in [6.45, 7) is 6.20. The molecular formula is C9H15N3O3. The first kappa shape index (κ1) is 11.5. The van der Waals surface area contributed by atoms with Gasteiger partial charge in [0.25, 0.3) is 5.88 Å². The number of hydrogen-bond donors (Lipinski definition) is 0. The Morgan fingerprint density at radius 2 is 2.33 bits per heavy atom. The Morgan fingerprint density at radius 1 is 1.67 bits per heavy atom. The molecule has 1 aromatic heterocycles. The molecule has 84 valence electrons. The second kappa shape index (κ2) is 4.77. The molecule has 0 N–H and O–H groups in total. The second-order valence-corrected chi connectivity index (χ2v) is 3.48. The molecule has 1 rings (SSSR count). The summed E-state index contributed by atoms with van der Waals surface area (Å²) in [7, 11) is 0. The van der Waals surface area contributed by atoms with Crippen LogP contribution in [-0.4, -0.2) is 21.3 Å². The third-order valence-corrected chi connectivity index (χ3v) is 1.86. The quantitative estimate of drug-likeness (QED) is 0.555. The Balaban J connectivity index is 3.03. The number of ether oxygens (including phenoxy) is 1. The van der Waals surface area contributed by atoms with Crippen molar-refractivity contribution in [3.63, 3.8) is 0 Å². The maximum absolute atomic E-state index is 10.7. The van der Waals surface area contributed by atoms with E-state index in [1.807, 2.05) is 20.8 Å². The van der Waals surface area contributed by atoms with E-state index in [4.69, 9.17) is 4.74 Å². The summed E-state index contributed by atoms with van der Waals surface area (Å²) in [4.78, 5) is 10.2. The lowest BCUT2D eigenvalue weighted by Crippen LogP contribution is -2.08. The minimum Gasteiger partial charge on any atom is -0.473 e. The van der Waals surface area contributed by atoms with Crippen LogP contribution in [0.15, 0.2) is 6.20 Å². The van der Waals surface area contributed by atoms with Crippen molar-refractivity contribution in [3.8, 4) is 5.88 Å². The van der Waals surface area contributed by atoms with Gasteiger partial charge in [-0.2, -0.15) is 5.10 Å². The highest BCUT2D eigenvalue weighted by Crippen LogP contribution is 2.28. The second-order valence-electron chi connectivity index (χ2n) is 3.48. The minimum absolute atomic E-state index is 0.0468. The maximum Gasteiger partial charge on any atom is 0.350 e. The van der Waals surface area contributed by atoms with Gasteiger partial charge in [0, 0.05) is 0 Å². The third kappa shape index (κ3) is 2.45. The van der Waals surface area contributed by atoms with Crippen molar-refractivity contribution in [2.75, 3.05) is 6.61 Å². The highest BCUT2D eigenvalue weighted by atomic mass is 16.6. The summed E-state index contributed by atoms with van der Waals surface area (Å²) in [5.74, 6) is 0.247. The lowest BCUT2D eigenvalue weighted by atomic mass is 10.4. The smallest absolute Gasteiger partial charge is 0.350 e. The molecule has 6 nitrogen and oxygen atoms in total. The van der Waals surface area contributed by atoms with E-state index >= 15 is 0 Å². The van der Waals surface area contributed by atoms with Crippen LogP contribution < -0.4 is 4.74 Å². The van der Waals surface area contributed by atoms with Gasteiger partial charge < -0.3 is 4.74 Å². The van der Waals surface area contributed by atoms with Crippen molar-refractivity contribution < 1.29 is 9.66 Å². The van der Waals surface area contributed by atoms with Crippen LogP contribution in [0.3, 0.4) is 0 Å². The van der Waals surface area contributed by atoms with E-state index < -0.39 is 4.92 Å². The van der Waals surface area contributed by atoms with Gasteiger partial charge in [-0.05, 0) is 20.3 Å². The van der Waals surface area contributed by atoms with Crippen molar-refractivity contribution in [1.82, 2.24) is 9.78 Å². The van der Waals surface area contributed by atoms with Gasteiger partial charge in [0.15, 0.2) is 0 Å². The van der Waals surface area contributed by atoms with Gasteiger partial charge in [-0.1, -0.05) is 6.92 Å². The molecule has 0 amide bonds. The van der Waals surface area contributed by atoms with E-state index in [-0.39, 0.29) is 17.6 Å². The molecule has 0 saturated carbocycles. The lowest BCUT2D eigenvalue weighted by Gasteiger charge is -2.10. The van der Waals surface area contributed by atoms with Crippen LogP contribution >= 0.6 is 0 Å². The maximum atomic E-state index is 10.7. The molecule has 0 aliphatic rings. The van der Waals surface area contributed by atoms with Crippen molar-refractivity contribution >= 4 is 5.69 Å². The number of nitrogens with zero attached hydrogens (tertiary/aromatic N) is 3. The predicted octanol–water partition coefficient (Wildman–Crippen LogP) is 2.16. The topological polar surface area (TPSA) is 70.2 Å². The van der Waals surface area contributed by atoms with Gasteiger partial charge in [0.2, 0.25) is 0 Å². The molecule has 0 aliphatic carbocycles. The Kier molecular flexibility index (Phi) is 3.65. The first-order valence-corrected chi connectivity index (χ1v) is 4.92. The molecule has 0 aromatic carbocycles. The highest BCUT2D eigenvalue weighted by Gasteiger charge is 2.23. The van der Waals surface area contributed by atoms with E-state index in [0.717, 1.165) is 6.42 Å². The molecule has 0 saturated heterocycles. The van der Waals surface area contributed by atoms with Crippen LogP contribution in [0.2, 0.25) is 0 Å². The van der Waals surface area contributed by atoms with Crippen molar-refractivity contribution in [1.29, 1.82) is 0 Å². The third-order valence-electron chi connectivity index (χ3n) is 1.86. The molecule has 0 radical (unpaired) electrons. The van der Waals surface area contributed by atoms with Crippen LogP contribution in [0.25, 0.3) is 0 Å². The fourth-order valence-corrected chi connectivity index (χ4v) is 1.17. The molecule has 6 heteroatoms. The van der Waals surface area contributed by atoms with Crippen molar-refractivity contribution in [2.45, 2.75) is 33.2 Å². The summed E-state index contributed by atoms with van der Waals surface area (Å²) in [5, 5.41) is 14.6. The van der Waals surface area contributed by atoms with Crippen LogP contribution in [0.1, 0.15) is 33.2 Å². The summed E-state index contributed by atoms with van der Waals surface area (Å²) in [6.07, 6.45) is 2.03. The van der Waals surface area contributed by atoms with Gasteiger partial charge in [-0.25, -0.2) is 4.68 Å². The van der Waals surface area contributed by atoms with Crippen LogP contribution in [0.5, 0.6) is 5.88 Å². The average molecular weight is 213 g/mol. The lowest BCUT2D eigenvalue weighted by molar-refractivity contribution is -0.386. The average Bonchev–Trinajstić information content (AvgIpc) is 2.57. The molecule has 0 unspecified atom stereocenters. The van der Waals surface area contributed by atoms with E-state index in [1.54, 1.807) is 0 Å². The van der Waals surface area contributed by atoms with Gasteiger partial charge in [-0.15, -0.1) is 0 Å². The number of hydrogen-bond acceptors (Lipinski definition) is 4. The first-order chi connectivity index (χ1) is 7.07. The summed E-state index contributed by atoms with van der Waals surface area (Å²) >= 11 is 0. The highest BCUT2D eigenvalue weighted by molar-refractivity contribution is 5.39. The summed E-state index contributed by atoms with van der Waals surface area (Å²) in [6, 6.07) is 0.0468. The molecule has 1 aromatic rings. The van der Waals surface area contributed by atoms with Crippen LogP contribution in [0, 0.1) is 10.1 Å². The van der Waals surface area contributed by atoms with Gasteiger partial charge in [-0.3, -0.25) is 10.1 Å².